The predicted octanol–water partition coefficient (Wildman–Crippen LogP) is 3.46. The number of benzene rings is 2. The number of pyridine rings is 1. The van der Waals surface area contributed by atoms with Gasteiger partial charge in [-0.1, -0.05) is 23.7 Å². The van der Waals surface area contributed by atoms with Crippen molar-refractivity contribution in [1.82, 2.24) is 19.1 Å². The quantitative estimate of drug-likeness (QED) is 0.354. The Morgan fingerprint density at radius 1 is 1.11 bits per heavy atom. The van der Waals surface area contributed by atoms with Gasteiger partial charge in [0.1, 0.15) is 5.75 Å². The van der Waals surface area contributed by atoms with Gasteiger partial charge < -0.3 is 9.84 Å². The van der Waals surface area contributed by atoms with E-state index in [1.165, 1.54) is 22.9 Å². The molecule has 38 heavy (non-hydrogen) atoms. The molecule has 10 nitrogen and oxygen atoms in total. The van der Waals surface area contributed by atoms with E-state index in [1.54, 1.807) is 48.5 Å². The molecule has 2 aromatic carbocycles. The lowest BCUT2D eigenvalue weighted by atomic mass is 10.1. The monoisotopic (exact) mass is 537 g/mol. The molecule has 0 aliphatic heterocycles. The molecule has 1 aliphatic rings. The summed E-state index contributed by atoms with van der Waals surface area (Å²) in [4.78, 5) is 48.9. The van der Waals surface area contributed by atoms with E-state index in [0.717, 1.165) is 4.57 Å². The van der Waals surface area contributed by atoms with E-state index in [4.69, 9.17) is 16.3 Å². The van der Waals surface area contributed by atoms with Crippen LogP contribution in [0.1, 0.15) is 18.4 Å². The molecule has 0 bridgehead atoms. The Bertz CT molecular complexity index is 1690. The Morgan fingerprint density at radius 2 is 1.82 bits per heavy atom. The smallest absolute Gasteiger partial charge is 0.335 e. The van der Waals surface area contributed by atoms with Crippen molar-refractivity contribution in [1.29, 1.82) is 0 Å². The zero-order valence-corrected chi connectivity index (χ0v) is 20.6. The van der Waals surface area contributed by atoms with E-state index in [9.17, 15) is 23.9 Å². The van der Waals surface area contributed by atoms with Gasteiger partial charge in [-0.25, -0.2) is 28.5 Å². The number of ether oxygens (including phenoxy) is 1. The van der Waals surface area contributed by atoms with Crippen molar-refractivity contribution in [2.24, 2.45) is 10.4 Å². The molecule has 0 amide bonds. The van der Waals surface area contributed by atoms with Crippen LogP contribution in [-0.4, -0.2) is 30.2 Å². The average Bonchev–Trinajstić information content (AvgIpc) is 3.69. The first kappa shape index (κ1) is 25.2. The van der Waals surface area contributed by atoms with Gasteiger partial charge in [0, 0.05) is 17.8 Å². The molecular weight excluding hydrogens is 517 g/mol. The highest BCUT2D eigenvalue weighted by molar-refractivity contribution is 6.30. The van der Waals surface area contributed by atoms with E-state index in [-0.39, 0.29) is 24.6 Å². The minimum absolute atomic E-state index is 0.0317. The van der Waals surface area contributed by atoms with Crippen LogP contribution in [0.2, 0.25) is 5.02 Å². The maximum atomic E-state index is 13.8. The Morgan fingerprint density at radius 3 is 2.45 bits per heavy atom. The van der Waals surface area contributed by atoms with Gasteiger partial charge in [0.05, 0.1) is 17.6 Å². The molecule has 2 aromatic heterocycles. The van der Waals surface area contributed by atoms with E-state index < -0.39 is 28.6 Å². The number of halogens is 2. The van der Waals surface area contributed by atoms with Crippen molar-refractivity contribution in [2.45, 2.75) is 25.9 Å². The van der Waals surface area contributed by atoms with Crippen molar-refractivity contribution in [3.05, 3.63) is 110 Å². The van der Waals surface area contributed by atoms with Gasteiger partial charge in [0.15, 0.2) is 5.82 Å². The molecule has 0 saturated heterocycles. The van der Waals surface area contributed by atoms with Gasteiger partial charge in [0.25, 0.3) is 5.88 Å². The maximum Gasteiger partial charge on any atom is 0.335 e. The fourth-order valence-corrected chi connectivity index (χ4v) is 3.98. The van der Waals surface area contributed by atoms with Crippen molar-refractivity contribution >= 4 is 23.3 Å². The number of carbonyl (C=O) groups is 1. The third-order valence-corrected chi connectivity index (χ3v) is 6.47. The number of hydrogen-bond donors (Lipinski definition) is 2. The number of aliphatic carboxylic acids is 1. The number of nitrogens with one attached hydrogen (secondary N) is 1. The molecular formula is C26H21ClFN5O5. The Kier molecular flexibility index (Phi) is 6.68. The highest BCUT2D eigenvalue weighted by atomic mass is 35.5. The number of carboxylic acids is 1. The van der Waals surface area contributed by atoms with E-state index in [2.05, 4.69) is 15.0 Å². The molecule has 0 spiro atoms. The van der Waals surface area contributed by atoms with Crippen LogP contribution < -0.4 is 21.7 Å². The standard InChI is InChI=1S/C26H21ClFN5O5/c27-17-5-3-16(4-6-17)14-32-23(31-24(36)33(25(32)37)15-26(11-12-26)22(34)35)30-18-7-9-19(10-8-18)38-21-20(28)2-1-13-29-21/h1-10,13H,11-12,14-15H2,(H,34,35)(H,30,31,36). The number of aromatic amines is 1. The van der Waals surface area contributed by atoms with Crippen LogP contribution in [-0.2, 0) is 17.9 Å². The fourth-order valence-electron chi connectivity index (χ4n) is 3.86. The maximum absolute atomic E-state index is 13.8. The molecule has 0 unspecified atom stereocenters. The summed E-state index contributed by atoms with van der Waals surface area (Å²) >= 11 is 5.98. The largest absolute Gasteiger partial charge is 0.481 e. The summed E-state index contributed by atoms with van der Waals surface area (Å²) < 4.78 is 21.4. The molecule has 1 aliphatic carbocycles. The summed E-state index contributed by atoms with van der Waals surface area (Å²) in [6.45, 7) is -0.195. The Hall–Kier alpha value is -4.51. The number of rotatable bonds is 8. The molecule has 0 atom stereocenters. The van der Waals surface area contributed by atoms with E-state index in [0.29, 0.717) is 34.9 Å². The summed E-state index contributed by atoms with van der Waals surface area (Å²) in [5.74, 6) is -1.53. The molecule has 4 aromatic rings. The van der Waals surface area contributed by atoms with Crippen LogP contribution in [0.5, 0.6) is 11.6 Å². The minimum atomic E-state index is -1.13. The van der Waals surface area contributed by atoms with Gasteiger partial charge in [0.2, 0.25) is 5.62 Å². The van der Waals surface area contributed by atoms with Gasteiger partial charge in [-0.2, -0.15) is 0 Å². The number of H-pyrrole nitrogens is 1. The third kappa shape index (κ3) is 5.28. The summed E-state index contributed by atoms with van der Waals surface area (Å²) in [5, 5.41) is 10.1. The number of carboxylic acid groups (broad SMARTS) is 1. The van der Waals surface area contributed by atoms with Crippen LogP contribution >= 0.6 is 11.6 Å². The third-order valence-electron chi connectivity index (χ3n) is 6.21. The minimum Gasteiger partial charge on any atom is -0.481 e. The van der Waals surface area contributed by atoms with Crippen molar-refractivity contribution in [3.8, 4) is 11.6 Å². The van der Waals surface area contributed by atoms with Crippen LogP contribution in [0.4, 0.5) is 10.1 Å². The van der Waals surface area contributed by atoms with Crippen molar-refractivity contribution in [2.75, 3.05) is 0 Å². The van der Waals surface area contributed by atoms with Gasteiger partial charge in [-0.05, 0) is 66.9 Å². The Labute approximate surface area is 219 Å². The number of hydrogen-bond acceptors (Lipinski definition) is 6. The molecule has 2 heterocycles. The summed E-state index contributed by atoms with van der Waals surface area (Å²) in [5.41, 5.74) is -1.53. The molecule has 12 heteroatoms. The molecule has 194 valence electrons. The molecule has 5 rings (SSSR count). The highest BCUT2D eigenvalue weighted by Crippen LogP contribution is 2.46. The van der Waals surface area contributed by atoms with Crippen molar-refractivity contribution < 1.29 is 19.0 Å². The van der Waals surface area contributed by atoms with E-state index in [1.807, 2.05) is 0 Å². The number of nitrogens with zero attached hydrogens (tertiary/aromatic N) is 4. The zero-order valence-electron chi connectivity index (χ0n) is 19.8. The highest BCUT2D eigenvalue weighted by Gasteiger charge is 2.51. The van der Waals surface area contributed by atoms with Gasteiger partial charge in [-0.15, -0.1) is 0 Å². The van der Waals surface area contributed by atoms with Gasteiger partial charge >= 0.3 is 17.3 Å². The molecule has 1 fully saturated rings. The second-order valence-electron chi connectivity index (χ2n) is 8.92. The van der Waals surface area contributed by atoms with Crippen molar-refractivity contribution in [3.63, 3.8) is 0 Å². The normalized spacial score (nSPS) is 14.3. The van der Waals surface area contributed by atoms with Crippen LogP contribution in [0.25, 0.3) is 0 Å². The SMILES string of the molecule is O=C(O)C1(Cn2c(=O)[nH]/c(=N\c3ccc(Oc4ncccc4F)cc3)n(Cc3ccc(Cl)cc3)c2=O)CC1. The van der Waals surface area contributed by atoms with E-state index >= 15 is 0 Å². The molecule has 0 radical (unpaired) electrons. The lowest BCUT2D eigenvalue weighted by molar-refractivity contribution is -0.144. The van der Waals surface area contributed by atoms with Crippen LogP contribution in [0.3, 0.4) is 0 Å². The second kappa shape index (κ2) is 10.1. The Balaban J connectivity index is 1.54. The van der Waals surface area contributed by atoms with Crippen LogP contribution in [0, 0.1) is 11.2 Å². The first-order valence-corrected chi connectivity index (χ1v) is 12.0. The lowest BCUT2D eigenvalue weighted by Gasteiger charge is -2.14. The van der Waals surface area contributed by atoms with Crippen LogP contribution in [0.15, 0.2) is 81.4 Å². The zero-order chi connectivity index (χ0) is 26.9. The summed E-state index contributed by atoms with van der Waals surface area (Å²) in [6.07, 6.45) is 2.17. The average molecular weight is 538 g/mol. The predicted molar refractivity (Wildman–Crippen MR) is 135 cm³/mol. The molecule has 1 saturated carbocycles. The fraction of sp³-hybridized carbons (Fsp3) is 0.192. The topological polar surface area (TPSA) is 132 Å². The number of aromatic nitrogens is 4. The first-order chi connectivity index (χ1) is 18.2. The lowest BCUT2D eigenvalue weighted by Crippen LogP contribution is -2.51. The van der Waals surface area contributed by atoms with Gasteiger partial charge in [-0.3, -0.25) is 14.3 Å². The molecule has 2 N–H and O–H groups in total. The first-order valence-electron chi connectivity index (χ1n) is 11.6. The summed E-state index contributed by atoms with van der Waals surface area (Å²) in [6, 6.07) is 15.7. The summed E-state index contributed by atoms with van der Waals surface area (Å²) in [7, 11) is 0. The second-order valence-corrected chi connectivity index (χ2v) is 9.36.